The van der Waals surface area contributed by atoms with Gasteiger partial charge in [0, 0.05) is 10.4 Å². The monoisotopic (exact) mass is 402 g/mol. The largest absolute Gasteiger partial charge is 0.493 e. The van der Waals surface area contributed by atoms with Crippen LogP contribution in [0.2, 0.25) is 5.02 Å². The van der Waals surface area contributed by atoms with E-state index in [9.17, 15) is 4.79 Å². The number of amides is 1. The molecule has 3 rings (SSSR count). The van der Waals surface area contributed by atoms with Crippen molar-refractivity contribution < 1.29 is 14.3 Å². The molecule has 0 saturated heterocycles. The van der Waals surface area contributed by atoms with E-state index < -0.39 is 0 Å². The summed E-state index contributed by atoms with van der Waals surface area (Å²) in [6.07, 6.45) is 0. The highest BCUT2D eigenvalue weighted by Crippen LogP contribution is 2.39. The first kappa shape index (κ1) is 19.2. The van der Waals surface area contributed by atoms with Crippen molar-refractivity contribution in [2.24, 2.45) is 0 Å². The van der Waals surface area contributed by atoms with Gasteiger partial charge in [0.1, 0.15) is 10.7 Å². The van der Waals surface area contributed by atoms with Crippen LogP contribution in [0.3, 0.4) is 0 Å². The number of ether oxygens (including phenoxy) is 2. The zero-order chi connectivity index (χ0) is 19.4. The number of hydrogen-bond donors (Lipinski definition) is 1. The number of nitrogens with one attached hydrogen (secondary N) is 1. The Morgan fingerprint density at radius 2 is 1.93 bits per heavy atom. The lowest BCUT2D eigenvalue weighted by Crippen LogP contribution is -2.27. The summed E-state index contributed by atoms with van der Waals surface area (Å²) in [5, 5.41) is 5.96. The fourth-order valence-electron chi connectivity index (χ4n) is 2.73. The first-order valence-corrected chi connectivity index (χ1v) is 9.53. The molecule has 0 fully saturated rings. The molecule has 1 N–H and O–H groups in total. The van der Waals surface area contributed by atoms with E-state index in [1.165, 1.54) is 11.3 Å². The van der Waals surface area contributed by atoms with Crippen LogP contribution in [0.5, 0.6) is 11.5 Å². The maximum Gasteiger partial charge on any atom is 0.271 e. The minimum absolute atomic E-state index is 0.234. The molecule has 0 aliphatic carbocycles. The second-order valence-electron chi connectivity index (χ2n) is 5.80. The van der Waals surface area contributed by atoms with Gasteiger partial charge in [-0.3, -0.25) is 4.79 Å². The summed E-state index contributed by atoms with van der Waals surface area (Å²) in [5.41, 5.74) is 1.98. The van der Waals surface area contributed by atoms with E-state index >= 15 is 0 Å². The highest BCUT2D eigenvalue weighted by molar-refractivity contribution is 7.13. The van der Waals surface area contributed by atoms with Crippen LogP contribution in [0.25, 0.3) is 10.6 Å². The quantitative estimate of drug-likeness (QED) is 0.632. The van der Waals surface area contributed by atoms with Crippen molar-refractivity contribution in [2.75, 3.05) is 14.2 Å². The second kappa shape index (κ2) is 8.41. The fraction of sp³-hybridized carbons (Fsp3) is 0.200. The topological polar surface area (TPSA) is 60.5 Å². The van der Waals surface area contributed by atoms with Gasteiger partial charge in [-0.15, -0.1) is 11.3 Å². The van der Waals surface area contributed by atoms with Gasteiger partial charge in [-0.2, -0.15) is 0 Å². The number of nitrogens with zero attached hydrogens (tertiary/aromatic N) is 1. The van der Waals surface area contributed by atoms with Gasteiger partial charge >= 0.3 is 0 Å². The lowest BCUT2D eigenvalue weighted by atomic mass is 10.1. The molecule has 1 atom stereocenters. The molecule has 0 radical (unpaired) electrons. The van der Waals surface area contributed by atoms with E-state index in [1.807, 2.05) is 43.3 Å². The third kappa shape index (κ3) is 4.07. The summed E-state index contributed by atoms with van der Waals surface area (Å²) in [6.45, 7) is 1.89. The summed E-state index contributed by atoms with van der Waals surface area (Å²) in [5.74, 6) is 0.945. The Morgan fingerprint density at radius 1 is 1.15 bits per heavy atom. The van der Waals surface area contributed by atoms with Crippen molar-refractivity contribution in [1.82, 2.24) is 10.3 Å². The van der Waals surface area contributed by atoms with Crippen LogP contribution in [0.1, 0.15) is 29.0 Å². The van der Waals surface area contributed by atoms with Gasteiger partial charge < -0.3 is 14.8 Å². The lowest BCUT2D eigenvalue weighted by molar-refractivity contribution is 0.0935. The number of rotatable bonds is 6. The van der Waals surface area contributed by atoms with Crippen molar-refractivity contribution in [1.29, 1.82) is 0 Å². The van der Waals surface area contributed by atoms with Crippen molar-refractivity contribution in [2.45, 2.75) is 13.0 Å². The molecular formula is C20H19ClN2O3S. The van der Waals surface area contributed by atoms with E-state index in [-0.39, 0.29) is 11.9 Å². The van der Waals surface area contributed by atoms with Gasteiger partial charge in [0.15, 0.2) is 11.5 Å². The van der Waals surface area contributed by atoms with Crippen LogP contribution in [-0.2, 0) is 0 Å². The summed E-state index contributed by atoms with van der Waals surface area (Å²) < 4.78 is 10.8. The minimum Gasteiger partial charge on any atom is -0.493 e. The van der Waals surface area contributed by atoms with Gasteiger partial charge in [0.2, 0.25) is 0 Å². The predicted octanol–water partition coefficient (Wildman–Crippen LogP) is 4.97. The summed E-state index contributed by atoms with van der Waals surface area (Å²) in [7, 11) is 3.16. The number of aromatic nitrogens is 1. The minimum atomic E-state index is -0.258. The average molecular weight is 403 g/mol. The summed E-state index contributed by atoms with van der Waals surface area (Å²) >= 11 is 7.58. The van der Waals surface area contributed by atoms with E-state index in [0.717, 1.165) is 11.1 Å². The predicted molar refractivity (Wildman–Crippen MR) is 108 cm³/mol. The molecule has 0 bridgehead atoms. The van der Waals surface area contributed by atoms with Crippen LogP contribution < -0.4 is 14.8 Å². The van der Waals surface area contributed by atoms with E-state index in [1.54, 1.807) is 25.7 Å². The number of halogens is 1. The van der Waals surface area contributed by atoms with Crippen LogP contribution in [0, 0.1) is 0 Å². The highest BCUT2D eigenvalue weighted by Gasteiger charge is 2.19. The smallest absolute Gasteiger partial charge is 0.271 e. The van der Waals surface area contributed by atoms with E-state index in [2.05, 4.69) is 10.3 Å². The third-order valence-corrected chi connectivity index (χ3v) is 5.31. The molecule has 1 unspecified atom stereocenters. The Balaban J connectivity index is 1.82. The molecule has 1 amide bonds. The maximum absolute atomic E-state index is 12.6. The van der Waals surface area contributed by atoms with Gasteiger partial charge in [-0.1, -0.05) is 35.9 Å². The Kier molecular flexibility index (Phi) is 5.98. The van der Waals surface area contributed by atoms with Gasteiger partial charge in [0.05, 0.1) is 25.8 Å². The second-order valence-corrected chi connectivity index (χ2v) is 7.06. The Hall–Kier alpha value is -2.57. The molecule has 1 aromatic heterocycles. The number of thiazole rings is 1. The van der Waals surface area contributed by atoms with Crippen LogP contribution >= 0.6 is 22.9 Å². The summed E-state index contributed by atoms with van der Waals surface area (Å²) in [4.78, 5) is 17.1. The Labute approximate surface area is 166 Å². The first-order chi connectivity index (χ1) is 13.0. The van der Waals surface area contributed by atoms with Crippen molar-refractivity contribution in [3.63, 3.8) is 0 Å². The molecule has 0 aliphatic heterocycles. The molecule has 3 aromatic rings. The zero-order valence-electron chi connectivity index (χ0n) is 15.2. The Morgan fingerprint density at radius 3 is 2.63 bits per heavy atom. The third-order valence-electron chi connectivity index (χ3n) is 4.09. The number of benzene rings is 2. The first-order valence-electron chi connectivity index (χ1n) is 8.27. The highest BCUT2D eigenvalue weighted by atomic mass is 35.5. The molecule has 27 heavy (non-hydrogen) atoms. The maximum atomic E-state index is 12.6. The van der Waals surface area contributed by atoms with E-state index in [0.29, 0.717) is 27.2 Å². The molecule has 140 valence electrons. The van der Waals surface area contributed by atoms with Crippen molar-refractivity contribution in [3.05, 3.63) is 64.1 Å². The zero-order valence-corrected chi connectivity index (χ0v) is 16.7. The number of carbonyl (C=O) groups excluding carboxylic acids is 1. The Bertz CT molecular complexity index is 958. The van der Waals surface area contributed by atoms with E-state index in [4.69, 9.17) is 21.1 Å². The van der Waals surface area contributed by atoms with Crippen molar-refractivity contribution >= 4 is 28.8 Å². The number of para-hydroxylation sites is 1. The molecule has 7 heteroatoms. The standard InChI is InChI=1S/C20H19ClN2O3S/c1-12(13-7-4-5-9-15(13)21)22-19(24)16-11-27-20(23-16)14-8-6-10-17(25-2)18(14)26-3/h4-12H,1-3H3,(H,22,24). The van der Waals surface area contributed by atoms with Crippen LogP contribution in [0.15, 0.2) is 47.8 Å². The molecule has 0 spiro atoms. The molecule has 0 aliphatic rings. The number of hydrogen-bond acceptors (Lipinski definition) is 5. The molecule has 0 saturated carbocycles. The summed E-state index contributed by atoms with van der Waals surface area (Å²) in [6, 6.07) is 12.8. The average Bonchev–Trinajstić information content (AvgIpc) is 3.17. The van der Waals surface area contributed by atoms with Crippen LogP contribution in [0.4, 0.5) is 0 Å². The normalized spacial score (nSPS) is 11.7. The van der Waals surface area contributed by atoms with Gasteiger partial charge in [-0.25, -0.2) is 4.98 Å². The molecule has 1 heterocycles. The van der Waals surface area contributed by atoms with Gasteiger partial charge in [-0.05, 0) is 30.7 Å². The lowest BCUT2D eigenvalue weighted by Gasteiger charge is -2.14. The SMILES string of the molecule is COc1cccc(-c2nc(C(=O)NC(C)c3ccccc3Cl)cs2)c1OC. The fourth-order valence-corrected chi connectivity index (χ4v) is 3.85. The molecule has 2 aromatic carbocycles. The van der Waals surface area contributed by atoms with Gasteiger partial charge in [0.25, 0.3) is 5.91 Å². The molecular weight excluding hydrogens is 384 g/mol. The number of carbonyl (C=O) groups is 1. The molecule has 5 nitrogen and oxygen atoms in total. The van der Waals surface area contributed by atoms with Crippen molar-refractivity contribution in [3.8, 4) is 22.1 Å². The number of methoxy groups -OCH3 is 2. The van der Waals surface area contributed by atoms with Crippen LogP contribution in [-0.4, -0.2) is 25.1 Å².